The molecule has 0 fully saturated rings. The Morgan fingerprint density at radius 1 is 1.10 bits per heavy atom. The molecule has 1 aromatic carbocycles. The van der Waals surface area contributed by atoms with Crippen LogP contribution in [0.1, 0.15) is 52.7 Å². The number of thioether (sulfide) groups is 1. The van der Waals surface area contributed by atoms with Gasteiger partial charge in [0.15, 0.2) is 0 Å². The molecule has 0 unspecified atom stereocenters. The number of hydrogen-bond acceptors (Lipinski definition) is 4. The molecule has 5 nitrogen and oxygen atoms in total. The van der Waals surface area contributed by atoms with Gasteiger partial charge in [-0.3, -0.25) is 9.89 Å². The highest BCUT2D eigenvalue weighted by atomic mass is 35.5. The summed E-state index contributed by atoms with van der Waals surface area (Å²) in [6, 6.07) is 10.4. The van der Waals surface area contributed by atoms with E-state index < -0.39 is 0 Å². The van der Waals surface area contributed by atoms with Crippen molar-refractivity contribution in [3.05, 3.63) is 75.4 Å². The minimum Gasteiger partial charge on any atom is -0.286 e. The first-order chi connectivity index (χ1) is 13.5. The zero-order valence-corrected chi connectivity index (χ0v) is 19.4. The molecular weight excluding hydrogens is 404 g/mol. The molecule has 156 valence electrons. The Morgan fingerprint density at radius 3 is 2.21 bits per heavy atom. The molecule has 0 amide bonds. The third-order valence-electron chi connectivity index (χ3n) is 4.14. The van der Waals surface area contributed by atoms with E-state index in [-0.39, 0.29) is 21.5 Å². The Hall–Kier alpha value is -2.05. The van der Waals surface area contributed by atoms with Crippen molar-refractivity contribution in [1.82, 2.24) is 20.0 Å². The van der Waals surface area contributed by atoms with Gasteiger partial charge < -0.3 is 0 Å². The molecule has 0 bridgehead atoms. The number of H-pyrrole nitrogens is 1. The van der Waals surface area contributed by atoms with Crippen LogP contribution in [0, 0.1) is 0 Å². The molecule has 0 aliphatic heterocycles. The third-order valence-corrected chi connectivity index (χ3v) is 5.72. The molecule has 0 saturated carbocycles. The largest absolute Gasteiger partial charge is 0.287 e. The van der Waals surface area contributed by atoms with Crippen LogP contribution in [0.2, 0.25) is 5.02 Å². The first-order valence-corrected chi connectivity index (χ1v) is 10.8. The molecule has 29 heavy (non-hydrogen) atoms. The van der Waals surface area contributed by atoms with Crippen LogP contribution >= 0.6 is 23.4 Å². The fourth-order valence-corrected chi connectivity index (χ4v) is 3.62. The highest BCUT2D eigenvalue weighted by molar-refractivity contribution is 7.98. The highest BCUT2D eigenvalue weighted by Crippen LogP contribution is 2.29. The second kappa shape index (κ2) is 9.63. The second-order valence-electron chi connectivity index (χ2n) is 8.71. The second-order valence-corrected chi connectivity index (χ2v) is 10.1. The molecule has 0 spiro atoms. The number of nitrogens with zero attached hydrogens (tertiary/aromatic N) is 3. The van der Waals surface area contributed by atoms with Crippen LogP contribution < -0.4 is 5.56 Å². The Balaban J connectivity index is 0.000000521. The minimum absolute atomic E-state index is 0.149. The summed E-state index contributed by atoms with van der Waals surface area (Å²) < 4.78 is 1.43. The molecule has 3 aromatic rings. The molecular formula is C22H29ClN4OS. The lowest BCUT2D eigenvalue weighted by Gasteiger charge is -2.21. The van der Waals surface area contributed by atoms with Gasteiger partial charge >= 0.3 is 0 Å². The van der Waals surface area contributed by atoms with E-state index in [2.05, 4.69) is 60.3 Å². The van der Waals surface area contributed by atoms with Crippen LogP contribution in [0.5, 0.6) is 0 Å². The number of benzene rings is 1. The van der Waals surface area contributed by atoms with Gasteiger partial charge in [-0.25, -0.2) is 4.68 Å². The van der Waals surface area contributed by atoms with Crippen LogP contribution in [0.3, 0.4) is 0 Å². The van der Waals surface area contributed by atoms with Gasteiger partial charge in [0.05, 0.1) is 16.6 Å². The molecule has 7 heteroatoms. The topological polar surface area (TPSA) is 63.6 Å². The van der Waals surface area contributed by atoms with E-state index >= 15 is 0 Å². The summed E-state index contributed by atoms with van der Waals surface area (Å²) in [6.45, 7) is 12.4. The molecule has 0 aliphatic carbocycles. The summed E-state index contributed by atoms with van der Waals surface area (Å²) in [5.41, 5.74) is 2.04. The zero-order valence-electron chi connectivity index (χ0n) is 17.9. The lowest BCUT2D eigenvalue weighted by Crippen LogP contribution is -2.36. The normalized spacial score (nSPS) is 11.7. The van der Waals surface area contributed by atoms with Crippen LogP contribution in [-0.4, -0.2) is 20.0 Å². The van der Waals surface area contributed by atoms with Crippen molar-refractivity contribution in [2.75, 3.05) is 0 Å². The lowest BCUT2D eigenvalue weighted by molar-refractivity contribution is 0.336. The number of aromatic nitrogens is 4. The number of hydrogen-bond donors (Lipinski definition) is 1. The average molecular weight is 433 g/mol. The van der Waals surface area contributed by atoms with E-state index in [0.29, 0.717) is 0 Å². The van der Waals surface area contributed by atoms with Crippen LogP contribution in [-0.2, 0) is 16.7 Å². The average Bonchev–Trinajstić information content (AvgIpc) is 3.21. The van der Waals surface area contributed by atoms with Crippen molar-refractivity contribution in [2.24, 2.45) is 0 Å². The maximum absolute atomic E-state index is 12.4. The standard InChI is InChI=1S/C19H25ClN2OS.C3H4N2/c1-18(2,3)14-9-7-13(8-10-14)12-24-15-11-21-22(19(4,5)6)17(23)16(15)20;1-2-4-5-3-1/h7-11H,12H2,1-6H3;1-3H,(H,4,5). The van der Waals surface area contributed by atoms with Gasteiger partial charge in [-0.15, -0.1) is 11.8 Å². The van der Waals surface area contributed by atoms with E-state index in [1.165, 1.54) is 27.6 Å². The molecule has 0 saturated heterocycles. The first kappa shape index (κ1) is 23.2. The molecule has 2 aromatic heterocycles. The van der Waals surface area contributed by atoms with E-state index in [4.69, 9.17) is 11.6 Å². The predicted molar refractivity (Wildman–Crippen MR) is 122 cm³/mol. The van der Waals surface area contributed by atoms with Crippen LogP contribution in [0.15, 0.2) is 58.6 Å². The fraction of sp³-hybridized carbons (Fsp3) is 0.409. The van der Waals surface area contributed by atoms with E-state index in [1.807, 2.05) is 26.8 Å². The van der Waals surface area contributed by atoms with Crippen LogP contribution in [0.25, 0.3) is 0 Å². The minimum atomic E-state index is -0.382. The van der Waals surface area contributed by atoms with Gasteiger partial charge in [0.1, 0.15) is 5.02 Å². The van der Waals surface area contributed by atoms with Gasteiger partial charge in [0.25, 0.3) is 5.56 Å². The van der Waals surface area contributed by atoms with Gasteiger partial charge in [0.2, 0.25) is 0 Å². The highest BCUT2D eigenvalue weighted by Gasteiger charge is 2.19. The predicted octanol–water partition coefficient (Wildman–Crippen LogP) is 5.65. The number of nitrogens with one attached hydrogen (secondary N) is 1. The van der Waals surface area contributed by atoms with Crippen molar-refractivity contribution in [3.8, 4) is 0 Å². The quantitative estimate of drug-likeness (QED) is 0.543. The van der Waals surface area contributed by atoms with E-state index in [1.54, 1.807) is 18.6 Å². The van der Waals surface area contributed by atoms with Crippen molar-refractivity contribution < 1.29 is 0 Å². The molecule has 0 radical (unpaired) electrons. The number of rotatable bonds is 3. The molecule has 0 aliphatic rings. The van der Waals surface area contributed by atoms with Crippen molar-refractivity contribution in [2.45, 2.75) is 63.1 Å². The van der Waals surface area contributed by atoms with Crippen molar-refractivity contribution >= 4 is 23.4 Å². The summed E-state index contributed by atoms with van der Waals surface area (Å²) >= 11 is 7.80. The monoisotopic (exact) mass is 432 g/mol. The van der Waals surface area contributed by atoms with E-state index in [0.717, 1.165) is 10.6 Å². The maximum atomic E-state index is 12.4. The molecule has 2 heterocycles. The number of halogens is 1. The Bertz CT molecular complexity index is 935. The fourth-order valence-electron chi connectivity index (χ4n) is 2.47. The van der Waals surface area contributed by atoms with Crippen molar-refractivity contribution in [3.63, 3.8) is 0 Å². The zero-order chi connectivity index (χ0) is 21.7. The third kappa shape index (κ3) is 6.75. The Morgan fingerprint density at radius 2 is 1.76 bits per heavy atom. The van der Waals surface area contributed by atoms with Gasteiger partial charge in [-0.05, 0) is 43.4 Å². The molecule has 3 rings (SSSR count). The number of aromatic amines is 1. The maximum Gasteiger partial charge on any atom is 0.287 e. The Labute approximate surface area is 181 Å². The lowest BCUT2D eigenvalue weighted by atomic mass is 9.87. The Kier molecular flexibility index (Phi) is 7.72. The smallest absolute Gasteiger partial charge is 0.286 e. The summed E-state index contributed by atoms with van der Waals surface area (Å²) in [4.78, 5) is 13.1. The van der Waals surface area contributed by atoms with Crippen LogP contribution in [0.4, 0.5) is 0 Å². The molecule has 0 atom stereocenters. The SMILES string of the molecule is CC(C)(C)c1ccc(CSc2cnn(C(C)(C)C)c(=O)c2Cl)cc1.c1cn[nH]c1. The molecule has 1 N–H and O–H groups in total. The summed E-state index contributed by atoms with van der Waals surface area (Å²) in [5.74, 6) is 0.755. The van der Waals surface area contributed by atoms with Gasteiger partial charge in [0, 0.05) is 18.1 Å². The van der Waals surface area contributed by atoms with Crippen molar-refractivity contribution in [1.29, 1.82) is 0 Å². The summed E-state index contributed by atoms with van der Waals surface area (Å²) in [6.07, 6.45) is 5.14. The van der Waals surface area contributed by atoms with E-state index in [9.17, 15) is 4.79 Å². The first-order valence-electron chi connectivity index (χ1n) is 9.44. The van der Waals surface area contributed by atoms with Gasteiger partial charge in [-0.1, -0.05) is 56.6 Å². The summed E-state index contributed by atoms with van der Waals surface area (Å²) in [7, 11) is 0. The summed E-state index contributed by atoms with van der Waals surface area (Å²) in [5, 5.41) is 10.7. The van der Waals surface area contributed by atoms with Gasteiger partial charge in [-0.2, -0.15) is 10.2 Å².